The van der Waals surface area contributed by atoms with Gasteiger partial charge in [-0.05, 0) is 44.7 Å². The third kappa shape index (κ3) is 3.91. The molecule has 174 valence electrons. The molecule has 0 spiro atoms. The maximum atomic E-state index is 5.82. The van der Waals surface area contributed by atoms with E-state index in [-0.39, 0.29) is 0 Å². The van der Waals surface area contributed by atoms with Crippen LogP contribution in [0.5, 0.6) is 5.75 Å². The molecule has 0 radical (unpaired) electrons. The van der Waals surface area contributed by atoms with E-state index in [2.05, 4.69) is 27.2 Å². The molecule has 3 aromatic heterocycles. The number of fused-ring (bicyclic) bond motifs is 3. The maximum Gasteiger partial charge on any atom is 0.204 e. The van der Waals surface area contributed by atoms with E-state index >= 15 is 0 Å². The van der Waals surface area contributed by atoms with Crippen LogP contribution in [-0.2, 0) is 11.3 Å². The van der Waals surface area contributed by atoms with Crippen molar-refractivity contribution in [2.24, 2.45) is 11.7 Å². The van der Waals surface area contributed by atoms with E-state index in [0.29, 0.717) is 19.0 Å². The zero-order valence-corrected chi connectivity index (χ0v) is 19.4. The van der Waals surface area contributed by atoms with Gasteiger partial charge < -0.3 is 29.6 Å². The van der Waals surface area contributed by atoms with E-state index in [1.807, 2.05) is 20.0 Å². The molecule has 0 unspecified atom stereocenters. The number of aromatic nitrogens is 4. The Morgan fingerprint density at radius 1 is 1.21 bits per heavy atom. The summed E-state index contributed by atoms with van der Waals surface area (Å²) in [5.41, 5.74) is 11.2. The van der Waals surface area contributed by atoms with Crippen molar-refractivity contribution in [1.29, 1.82) is 0 Å². The average Bonchev–Trinajstić information content (AvgIpc) is 3.36. The van der Waals surface area contributed by atoms with E-state index in [1.165, 1.54) is 0 Å². The molecule has 9 heteroatoms. The predicted molar refractivity (Wildman–Crippen MR) is 128 cm³/mol. The molecular formula is C24H30N6O3. The molecule has 1 fully saturated rings. The first kappa shape index (κ1) is 21.7. The lowest BCUT2D eigenvalue weighted by Crippen LogP contribution is -2.22. The van der Waals surface area contributed by atoms with Crippen molar-refractivity contribution < 1.29 is 14.0 Å². The van der Waals surface area contributed by atoms with Gasteiger partial charge in [0.05, 0.1) is 35.6 Å². The second-order valence-corrected chi connectivity index (χ2v) is 8.58. The van der Waals surface area contributed by atoms with Crippen molar-refractivity contribution in [3.63, 3.8) is 0 Å². The van der Waals surface area contributed by atoms with E-state index in [4.69, 9.17) is 29.7 Å². The lowest BCUT2D eigenvalue weighted by molar-refractivity contribution is 0.0617. The van der Waals surface area contributed by atoms with E-state index in [9.17, 15) is 0 Å². The second kappa shape index (κ2) is 8.99. The van der Waals surface area contributed by atoms with E-state index in [1.54, 1.807) is 7.11 Å². The standard InChI is InChI=1S/C24H30N6O3/c1-14-22(15(2)33-29-14)18-10-19-17(11-21(18)31-3)23-20(12-27-19)28-24(26-7-6-25)30(23)13-16-4-8-32-9-5-16/h10-12,16H,4-9,13,25H2,1-3H3,(H,26,28). The number of nitrogens with two attached hydrogens (primary N) is 1. The summed E-state index contributed by atoms with van der Waals surface area (Å²) in [6.07, 6.45) is 3.92. The molecular weight excluding hydrogens is 420 g/mol. The zero-order chi connectivity index (χ0) is 22.9. The molecule has 0 aliphatic carbocycles. The third-order valence-corrected chi connectivity index (χ3v) is 6.41. The number of ether oxygens (including phenoxy) is 2. The van der Waals surface area contributed by atoms with Crippen molar-refractivity contribution in [1.82, 2.24) is 19.7 Å². The minimum atomic E-state index is 0.529. The van der Waals surface area contributed by atoms with Crippen molar-refractivity contribution in [3.05, 3.63) is 29.8 Å². The van der Waals surface area contributed by atoms with Gasteiger partial charge in [-0.15, -0.1) is 0 Å². The first-order valence-electron chi connectivity index (χ1n) is 11.4. The maximum absolute atomic E-state index is 5.82. The van der Waals surface area contributed by atoms with Crippen LogP contribution in [0.3, 0.4) is 0 Å². The molecule has 33 heavy (non-hydrogen) atoms. The second-order valence-electron chi connectivity index (χ2n) is 8.58. The van der Waals surface area contributed by atoms with Gasteiger partial charge in [0.2, 0.25) is 5.95 Å². The number of rotatable bonds is 7. The van der Waals surface area contributed by atoms with E-state index < -0.39 is 0 Å². The fraction of sp³-hybridized carbons (Fsp3) is 0.458. The lowest BCUT2D eigenvalue weighted by atomic mass is 9.99. The number of hydrogen-bond acceptors (Lipinski definition) is 8. The van der Waals surface area contributed by atoms with Crippen LogP contribution in [-0.4, -0.2) is 53.1 Å². The van der Waals surface area contributed by atoms with Gasteiger partial charge >= 0.3 is 0 Å². The van der Waals surface area contributed by atoms with Crippen molar-refractivity contribution in [2.45, 2.75) is 33.2 Å². The highest BCUT2D eigenvalue weighted by molar-refractivity contribution is 6.05. The number of pyridine rings is 1. The summed E-state index contributed by atoms with van der Waals surface area (Å²) in [7, 11) is 1.68. The SMILES string of the molecule is COc1cc2c(cc1-c1c(C)noc1C)ncc1nc(NCCN)n(CC3CCOCC3)c12. The first-order chi connectivity index (χ1) is 16.1. The van der Waals surface area contributed by atoms with Crippen LogP contribution in [0.2, 0.25) is 0 Å². The van der Waals surface area contributed by atoms with Gasteiger partial charge in [0.25, 0.3) is 0 Å². The number of anilines is 1. The Bertz CT molecular complexity index is 1270. The Morgan fingerprint density at radius 2 is 2.03 bits per heavy atom. The van der Waals surface area contributed by atoms with Crippen LogP contribution in [0.1, 0.15) is 24.3 Å². The Balaban J connectivity index is 1.71. The molecule has 9 nitrogen and oxygen atoms in total. The zero-order valence-electron chi connectivity index (χ0n) is 19.4. The molecule has 0 amide bonds. The molecule has 4 aromatic rings. The van der Waals surface area contributed by atoms with Crippen LogP contribution in [0.25, 0.3) is 33.1 Å². The average molecular weight is 451 g/mol. The minimum Gasteiger partial charge on any atom is -0.496 e. The normalized spacial score (nSPS) is 14.9. The molecule has 1 aliphatic heterocycles. The van der Waals surface area contributed by atoms with Crippen LogP contribution >= 0.6 is 0 Å². The fourth-order valence-electron chi connectivity index (χ4n) is 4.76. The molecule has 1 aromatic carbocycles. The predicted octanol–water partition coefficient (Wildman–Crippen LogP) is 3.66. The molecule has 5 rings (SSSR count). The van der Waals surface area contributed by atoms with Crippen LogP contribution in [0.4, 0.5) is 5.95 Å². The number of methoxy groups -OCH3 is 1. The summed E-state index contributed by atoms with van der Waals surface area (Å²) < 4.78 is 19.1. The molecule has 1 saturated heterocycles. The van der Waals surface area contributed by atoms with Gasteiger partial charge in [-0.2, -0.15) is 0 Å². The molecule has 0 atom stereocenters. The van der Waals surface area contributed by atoms with Gasteiger partial charge in [0, 0.05) is 43.8 Å². The van der Waals surface area contributed by atoms with E-state index in [0.717, 1.165) is 88.8 Å². The highest BCUT2D eigenvalue weighted by atomic mass is 16.5. The van der Waals surface area contributed by atoms with Gasteiger partial charge in [0.15, 0.2) is 0 Å². The summed E-state index contributed by atoms with van der Waals surface area (Å²) in [5, 5.41) is 8.52. The number of aryl methyl sites for hydroxylation is 2. The summed E-state index contributed by atoms with van der Waals surface area (Å²) >= 11 is 0. The Morgan fingerprint density at radius 3 is 2.73 bits per heavy atom. The van der Waals surface area contributed by atoms with Crippen LogP contribution in [0.15, 0.2) is 22.9 Å². The van der Waals surface area contributed by atoms with Crippen molar-refractivity contribution in [3.8, 4) is 16.9 Å². The summed E-state index contributed by atoms with van der Waals surface area (Å²) in [4.78, 5) is 9.60. The fourth-order valence-corrected chi connectivity index (χ4v) is 4.76. The quantitative estimate of drug-likeness (QED) is 0.439. The van der Waals surface area contributed by atoms with Crippen molar-refractivity contribution in [2.75, 3.05) is 38.7 Å². The number of nitrogens with zero attached hydrogens (tertiary/aromatic N) is 4. The van der Waals surface area contributed by atoms with Gasteiger partial charge in [-0.1, -0.05) is 5.16 Å². The molecule has 4 heterocycles. The van der Waals surface area contributed by atoms with Crippen LogP contribution in [0, 0.1) is 19.8 Å². The van der Waals surface area contributed by atoms with Gasteiger partial charge in [-0.3, -0.25) is 4.98 Å². The molecule has 1 aliphatic rings. The molecule has 3 N–H and O–H groups in total. The van der Waals surface area contributed by atoms with Gasteiger partial charge in [-0.25, -0.2) is 4.98 Å². The monoisotopic (exact) mass is 450 g/mol. The smallest absolute Gasteiger partial charge is 0.204 e. The highest BCUT2D eigenvalue weighted by Gasteiger charge is 2.22. The summed E-state index contributed by atoms with van der Waals surface area (Å²) in [6, 6.07) is 4.11. The first-order valence-corrected chi connectivity index (χ1v) is 11.4. The highest BCUT2D eigenvalue weighted by Crippen LogP contribution is 2.39. The number of imidazole rings is 1. The minimum absolute atomic E-state index is 0.529. The Labute approximate surface area is 192 Å². The molecule has 0 bridgehead atoms. The van der Waals surface area contributed by atoms with Crippen LogP contribution < -0.4 is 15.8 Å². The Kier molecular flexibility index (Phi) is 5.90. The molecule has 0 saturated carbocycles. The largest absolute Gasteiger partial charge is 0.496 e. The summed E-state index contributed by atoms with van der Waals surface area (Å²) in [5.74, 6) is 2.86. The van der Waals surface area contributed by atoms with Crippen molar-refractivity contribution >= 4 is 27.9 Å². The number of nitrogens with one attached hydrogen (secondary N) is 1. The Hall–Kier alpha value is -3.17. The lowest BCUT2D eigenvalue weighted by Gasteiger charge is -2.24. The number of hydrogen-bond donors (Lipinski definition) is 2. The summed E-state index contributed by atoms with van der Waals surface area (Å²) in [6.45, 7) is 7.51. The topological polar surface area (TPSA) is 113 Å². The third-order valence-electron chi connectivity index (χ3n) is 6.41. The number of benzene rings is 1. The van der Waals surface area contributed by atoms with Gasteiger partial charge in [0.1, 0.15) is 17.0 Å².